The fourth-order valence-electron chi connectivity index (χ4n) is 3.29. The van der Waals surface area contributed by atoms with Crippen molar-refractivity contribution in [1.29, 1.82) is 0 Å². The summed E-state index contributed by atoms with van der Waals surface area (Å²) in [6.45, 7) is 10.4. The van der Waals surface area contributed by atoms with E-state index in [1.54, 1.807) is 0 Å². The monoisotopic (exact) mass is 316 g/mol. The third-order valence-corrected chi connectivity index (χ3v) is 5.57. The molecular formula is C19H29BO3. The Hall–Kier alpha value is -0.995. The predicted octanol–water partition coefficient (Wildman–Crippen LogP) is 4.01. The fourth-order valence-corrected chi connectivity index (χ4v) is 3.29. The van der Waals surface area contributed by atoms with Gasteiger partial charge >= 0.3 is 7.12 Å². The molecular weight excluding hydrogens is 287 g/mol. The lowest BCUT2D eigenvalue weighted by Crippen LogP contribution is -2.41. The molecule has 126 valence electrons. The second-order valence-electron chi connectivity index (χ2n) is 7.99. The molecule has 23 heavy (non-hydrogen) atoms. The Morgan fingerprint density at radius 1 is 1.00 bits per heavy atom. The van der Waals surface area contributed by atoms with Crippen LogP contribution < -0.4 is 10.2 Å². The Kier molecular flexibility index (Phi) is 4.50. The first-order valence-corrected chi connectivity index (χ1v) is 8.91. The molecule has 1 aromatic rings. The number of rotatable bonds is 3. The molecule has 0 unspecified atom stereocenters. The van der Waals surface area contributed by atoms with Crippen LogP contribution in [0.4, 0.5) is 0 Å². The first-order valence-electron chi connectivity index (χ1n) is 8.91. The van der Waals surface area contributed by atoms with Crippen molar-refractivity contribution in [2.75, 3.05) is 0 Å². The van der Waals surface area contributed by atoms with E-state index in [1.807, 2.05) is 0 Å². The van der Waals surface area contributed by atoms with Gasteiger partial charge in [0, 0.05) is 0 Å². The zero-order chi connectivity index (χ0) is 16.7. The average Bonchev–Trinajstić information content (AvgIpc) is 2.71. The van der Waals surface area contributed by atoms with Gasteiger partial charge < -0.3 is 14.0 Å². The number of aryl methyl sites for hydroxylation is 1. The number of hydrogen-bond donors (Lipinski definition) is 0. The molecule has 1 aromatic carbocycles. The quantitative estimate of drug-likeness (QED) is 0.789. The molecule has 0 aromatic heterocycles. The van der Waals surface area contributed by atoms with Crippen LogP contribution in [-0.2, 0) is 9.31 Å². The third-order valence-electron chi connectivity index (χ3n) is 5.57. The topological polar surface area (TPSA) is 27.7 Å². The van der Waals surface area contributed by atoms with Crippen molar-refractivity contribution >= 4 is 12.6 Å². The van der Waals surface area contributed by atoms with Crippen LogP contribution in [0.25, 0.3) is 0 Å². The Morgan fingerprint density at radius 3 is 2.17 bits per heavy atom. The molecule has 0 bridgehead atoms. The highest BCUT2D eigenvalue weighted by molar-refractivity contribution is 6.62. The third kappa shape index (κ3) is 3.43. The van der Waals surface area contributed by atoms with Gasteiger partial charge in [-0.15, -0.1) is 0 Å². The maximum atomic E-state index is 6.20. The molecule has 0 atom stereocenters. The van der Waals surface area contributed by atoms with Crippen LogP contribution in [0.1, 0.15) is 65.4 Å². The van der Waals surface area contributed by atoms with E-state index in [2.05, 4.69) is 52.8 Å². The smallest absolute Gasteiger partial charge is 0.490 e. The summed E-state index contributed by atoms with van der Waals surface area (Å²) in [5, 5.41) is 0. The van der Waals surface area contributed by atoms with Crippen molar-refractivity contribution in [2.45, 2.75) is 84.0 Å². The second kappa shape index (κ2) is 6.14. The SMILES string of the molecule is Cc1cc(B2OC(C)(C)C(C)(C)O2)ccc1OC1CCCCC1. The van der Waals surface area contributed by atoms with E-state index in [9.17, 15) is 0 Å². The lowest BCUT2D eigenvalue weighted by molar-refractivity contribution is 0.00578. The zero-order valence-corrected chi connectivity index (χ0v) is 15.1. The van der Waals surface area contributed by atoms with E-state index < -0.39 is 0 Å². The van der Waals surface area contributed by atoms with Crippen molar-refractivity contribution in [3.8, 4) is 5.75 Å². The minimum absolute atomic E-state index is 0.303. The van der Waals surface area contributed by atoms with Gasteiger partial charge in [0.2, 0.25) is 0 Å². The van der Waals surface area contributed by atoms with Crippen LogP contribution >= 0.6 is 0 Å². The van der Waals surface area contributed by atoms with E-state index in [1.165, 1.54) is 32.1 Å². The Bertz CT molecular complexity index is 546. The summed E-state index contributed by atoms with van der Waals surface area (Å²) in [5.74, 6) is 0.997. The van der Waals surface area contributed by atoms with E-state index in [4.69, 9.17) is 14.0 Å². The number of hydrogen-bond acceptors (Lipinski definition) is 3. The molecule has 0 N–H and O–H groups in total. The van der Waals surface area contributed by atoms with Gasteiger partial charge in [-0.05, 0) is 77.4 Å². The van der Waals surface area contributed by atoms with Gasteiger partial charge in [0.25, 0.3) is 0 Å². The molecule has 0 amide bonds. The maximum absolute atomic E-state index is 6.20. The molecule has 0 radical (unpaired) electrons. The van der Waals surface area contributed by atoms with E-state index >= 15 is 0 Å². The summed E-state index contributed by atoms with van der Waals surface area (Å²) < 4.78 is 18.5. The van der Waals surface area contributed by atoms with Crippen LogP contribution in [0.15, 0.2) is 18.2 Å². The Labute approximate surface area is 140 Å². The van der Waals surface area contributed by atoms with Gasteiger partial charge in [0.1, 0.15) is 5.75 Å². The van der Waals surface area contributed by atoms with E-state index in [-0.39, 0.29) is 18.3 Å². The normalized spacial score (nSPS) is 24.0. The fraction of sp³-hybridized carbons (Fsp3) is 0.684. The zero-order valence-electron chi connectivity index (χ0n) is 15.1. The second-order valence-corrected chi connectivity index (χ2v) is 7.99. The Balaban J connectivity index is 1.72. The predicted molar refractivity (Wildman–Crippen MR) is 94.4 cm³/mol. The highest BCUT2D eigenvalue weighted by Crippen LogP contribution is 2.36. The van der Waals surface area contributed by atoms with Crippen molar-refractivity contribution in [3.05, 3.63) is 23.8 Å². The molecule has 1 aliphatic carbocycles. The van der Waals surface area contributed by atoms with Gasteiger partial charge in [0.05, 0.1) is 17.3 Å². The first kappa shape index (κ1) is 16.8. The molecule has 1 saturated carbocycles. The largest absolute Gasteiger partial charge is 0.494 e. The molecule has 1 saturated heterocycles. The number of benzene rings is 1. The van der Waals surface area contributed by atoms with Crippen molar-refractivity contribution in [3.63, 3.8) is 0 Å². The van der Waals surface area contributed by atoms with Crippen LogP contribution in [-0.4, -0.2) is 24.4 Å². The minimum Gasteiger partial charge on any atom is -0.490 e. The van der Waals surface area contributed by atoms with Gasteiger partial charge in [-0.3, -0.25) is 0 Å². The first-order chi connectivity index (χ1) is 10.8. The lowest BCUT2D eigenvalue weighted by Gasteiger charge is -2.32. The van der Waals surface area contributed by atoms with Gasteiger partial charge in [-0.2, -0.15) is 0 Å². The molecule has 2 fully saturated rings. The highest BCUT2D eigenvalue weighted by atomic mass is 16.7. The molecule has 2 aliphatic rings. The summed E-state index contributed by atoms with van der Waals surface area (Å²) in [7, 11) is -0.303. The van der Waals surface area contributed by atoms with E-state index in [0.29, 0.717) is 6.10 Å². The van der Waals surface area contributed by atoms with Crippen molar-refractivity contribution in [1.82, 2.24) is 0 Å². The molecule has 4 heteroatoms. The summed E-state index contributed by atoms with van der Waals surface area (Å²) in [5.41, 5.74) is 1.62. The maximum Gasteiger partial charge on any atom is 0.494 e. The lowest BCUT2D eigenvalue weighted by atomic mass is 9.78. The molecule has 0 spiro atoms. The molecule has 3 nitrogen and oxygen atoms in total. The summed E-state index contributed by atoms with van der Waals surface area (Å²) in [6.07, 6.45) is 6.66. The highest BCUT2D eigenvalue weighted by Gasteiger charge is 2.51. The Morgan fingerprint density at radius 2 is 1.61 bits per heavy atom. The summed E-state index contributed by atoms with van der Waals surface area (Å²) >= 11 is 0. The summed E-state index contributed by atoms with van der Waals surface area (Å²) in [6, 6.07) is 6.29. The van der Waals surface area contributed by atoms with Crippen LogP contribution in [0.3, 0.4) is 0 Å². The standard InChI is InChI=1S/C19H29BO3/c1-14-13-15(20-22-18(2,3)19(4,5)23-20)11-12-17(14)21-16-9-7-6-8-10-16/h11-13,16H,6-10H2,1-5H3. The van der Waals surface area contributed by atoms with Crippen LogP contribution in [0.5, 0.6) is 5.75 Å². The average molecular weight is 316 g/mol. The molecule has 1 aliphatic heterocycles. The van der Waals surface area contributed by atoms with Crippen molar-refractivity contribution < 1.29 is 14.0 Å². The van der Waals surface area contributed by atoms with E-state index in [0.717, 1.165) is 16.8 Å². The van der Waals surface area contributed by atoms with Crippen molar-refractivity contribution in [2.24, 2.45) is 0 Å². The molecule has 3 rings (SSSR count). The van der Waals surface area contributed by atoms with Crippen LogP contribution in [0, 0.1) is 6.92 Å². The summed E-state index contributed by atoms with van der Waals surface area (Å²) in [4.78, 5) is 0. The van der Waals surface area contributed by atoms with Gasteiger partial charge in [-0.1, -0.05) is 18.6 Å². The van der Waals surface area contributed by atoms with Gasteiger partial charge in [-0.25, -0.2) is 0 Å². The minimum atomic E-state index is -0.303. The number of ether oxygens (including phenoxy) is 1. The van der Waals surface area contributed by atoms with Crippen LogP contribution in [0.2, 0.25) is 0 Å². The molecule has 1 heterocycles. The van der Waals surface area contributed by atoms with Gasteiger partial charge in [0.15, 0.2) is 0 Å².